The molecule has 1 radical (unpaired) electrons. The van der Waals surface area contributed by atoms with Gasteiger partial charge in [0.1, 0.15) is 6.10 Å². The quantitative estimate of drug-likeness (QED) is 0.614. The van der Waals surface area contributed by atoms with Gasteiger partial charge in [-0.25, -0.2) is 4.79 Å². The number of rotatable bonds is 6. The third-order valence-electron chi connectivity index (χ3n) is 2.59. The van der Waals surface area contributed by atoms with Crippen molar-refractivity contribution in [3.8, 4) is 0 Å². The highest BCUT2D eigenvalue weighted by atomic mass is 16.5. The van der Waals surface area contributed by atoms with Gasteiger partial charge in [0.2, 0.25) is 0 Å². The summed E-state index contributed by atoms with van der Waals surface area (Å²) in [6.07, 6.45) is 2.12. The summed E-state index contributed by atoms with van der Waals surface area (Å²) in [5.41, 5.74) is 0. The Balaban J connectivity index is 4.09. The van der Waals surface area contributed by atoms with Crippen LogP contribution in [0.25, 0.3) is 0 Å². The van der Waals surface area contributed by atoms with Crippen molar-refractivity contribution in [1.29, 1.82) is 0 Å². The second kappa shape index (κ2) is 6.04. The first-order chi connectivity index (χ1) is 5.67. The van der Waals surface area contributed by atoms with Crippen molar-refractivity contribution in [1.82, 2.24) is 0 Å². The Bertz CT molecular complexity index is 113. The fraction of sp³-hybridized carbons (Fsp3) is 0.900. The molecule has 0 aromatic rings. The lowest BCUT2D eigenvalue weighted by molar-refractivity contribution is 0.0698. The number of carbonyl (C=O) groups excluding carboxylic acids is 1. The number of hydrogen-bond donors (Lipinski definition) is 0. The van der Waals surface area contributed by atoms with E-state index in [4.69, 9.17) is 4.74 Å². The molecule has 0 saturated heterocycles. The molecule has 71 valence electrons. The van der Waals surface area contributed by atoms with E-state index in [0.717, 1.165) is 12.8 Å². The molecular weight excluding hydrogens is 152 g/mol. The van der Waals surface area contributed by atoms with Crippen molar-refractivity contribution in [3.63, 3.8) is 0 Å². The highest BCUT2D eigenvalue weighted by molar-refractivity contribution is 5.38. The number of hydrogen-bond acceptors (Lipinski definition) is 2. The predicted molar refractivity (Wildman–Crippen MR) is 49.5 cm³/mol. The zero-order valence-electron chi connectivity index (χ0n) is 8.46. The van der Waals surface area contributed by atoms with E-state index in [1.54, 1.807) is 6.47 Å². The Morgan fingerprint density at radius 3 is 1.83 bits per heavy atom. The van der Waals surface area contributed by atoms with Gasteiger partial charge >= 0.3 is 6.47 Å². The maximum absolute atomic E-state index is 10.1. The van der Waals surface area contributed by atoms with E-state index in [-0.39, 0.29) is 6.10 Å². The van der Waals surface area contributed by atoms with Crippen LogP contribution in [-0.2, 0) is 9.53 Å². The van der Waals surface area contributed by atoms with Gasteiger partial charge in [0.15, 0.2) is 0 Å². The predicted octanol–water partition coefficient (Wildman–Crippen LogP) is 2.53. The molecule has 0 aromatic heterocycles. The molecule has 0 fully saturated rings. The van der Waals surface area contributed by atoms with Gasteiger partial charge in [0, 0.05) is 0 Å². The summed E-state index contributed by atoms with van der Waals surface area (Å²) in [5.74, 6) is 0.864. The van der Waals surface area contributed by atoms with Gasteiger partial charge in [-0.1, -0.05) is 40.5 Å². The van der Waals surface area contributed by atoms with Gasteiger partial charge in [-0.2, -0.15) is 0 Å². The van der Waals surface area contributed by atoms with Crippen LogP contribution in [0.1, 0.15) is 40.5 Å². The number of ether oxygens (including phenoxy) is 1. The van der Waals surface area contributed by atoms with Crippen LogP contribution in [0.5, 0.6) is 0 Å². The Labute approximate surface area is 75.3 Å². The first-order valence-electron chi connectivity index (χ1n) is 4.70. The lowest BCUT2D eigenvalue weighted by Crippen LogP contribution is -2.28. The highest BCUT2D eigenvalue weighted by Crippen LogP contribution is 2.21. The first-order valence-corrected chi connectivity index (χ1v) is 4.70. The first kappa shape index (κ1) is 11.5. The molecule has 0 saturated carbocycles. The zero-order valence-corrected chi connectivity index (χ0v) is 8.46. The third kappa shape index (κ3) is 3.24. The molecule has 0 bridgehead atoms. The molecule has 0 rings (SSSR count). The fourth-order valence-corrected chi connectivity index (χ4v) is 1.31. The standard InChI is InChI=1S/C10H19O2/c1-5-8(3)10(12-7-11)9(4)6-2/h8-10H,5-6H2,1-4H3. The smallest absolute Gasteiger partial charge is 0.417 e. The molecule has 2 heteroatoms. The molecular formula is C10H19O2. The van der Waals surface area contributed by atoms with Gasteiger partial charge < -0.3 is 4.74 Å². The summed E-state index contributed by atoms with van der Waals surface area (Å²) in [6.45, 7) is 9.97. The molecule has 12 heavy (non-hydrogen) atoms. The molecule has 2 atom stereocenters. The lowest BCUT2D eigenvalue weighted by Gasteiger charge is -2.25. The van der Waals surface area contributed by atoms with Crippen molar-refractivity contribution in [2.45, 2.75) is 46.6 Å². The van der Waals surface area contributed by atoms with E-state index in [1.807, 2.05) is 0 Å². The maximum Gasteiger partial charge on any atom is 0.417 e. The third-order valence-corrected chi connectivity index (χ3v) is 2.59. The van der Waals surface area contributed by atoms with Crippen molar-refractivity contribution in [3.05, 3.63) is 0 Å². The average molecular weight is 171 g/mol. The van der Waals surface area contributed by atoms with Crippen molar-refractivity contribution >= 4 is 6.47 Å². The summed E-state index contributed by atoms with van der Waals surface area (Å²) in [4.78, 5) is 10.1. The summed E-state index contributed by atoms with van der Waals surface area (Å²) in [5, 5.41) is 0. The zero-order chi connectivity index (χ0) is 9.56. The molecule has 2 nitrogen and oxygen atoms in total. The topological polar surface area (TPSA) is 26.3 Å². The molecule has 0 spiro atoms. The van der Waals surface area contributed by atoms with Crippen LogP contribution in [0.15, 0.2) is 0 Å². The normalized spacial score (nSPS) is 18.0. The summed E-state index contributed by atoms with van der Waals surface area (Å²) in [6, 6.07) is 0. The Morgan fingerprint density at radius 2 is 1.58 bits per heavy atom. The van der Waals surface area contributed by atoms with Gasteiger partial charge in [-0.3, -0.25) is 0 Å². The van der Waals surface area contributed by atoms with Crippen LogP contribution >= 0.6 is 0 Å². The monoisotopic (exact) mass is 171 g/mol. The lowest BCUT2D eigenvalue weighted by atomic mass is 9.90. The second-order valence-corrected chi connectivity index (χ2v) is 3.44. The largest absolute Gasteiger partial charge is 0.453 e. The Hall–Kier alpha value is -0.530. The summed E-state index contributed by atoms with van der Waals surface area (Å²) >= 11 is 0. The molecule has 0 aliphatic heterocycles. The van der Waals surface area contributed by atoms with Crippen LogP contribution in [0.3, 0.4) is 0 Å². The van der Waals surface area contributed by atoms with E-state index < -0.39 is 0 Å². The van der Waals surface area contributed by atoms with E-state index in [9.17, 15) is 4.79 Å². The average Bonchev–Trinajstić information content (AvgIpc) is 2.11. The van der Waals surface area contributed by atoms with Gasteiger partial charge in [0.05, 0.1) is 0 Å². The van der Waals surface area contributed by atoms with Crippen molar-refractivity contribution < 1.29 is 9.53 Å². The van der Waals surface area contributed by atoms with Crippen LogP contribution in [0.4, 0.5) is 0 Å². The fourth-order valence-electron chi connectivity index (χ4n) is 1.31. The molecule has 2 unspecified atom stereocenters. The minimum absolute atomic E-state index is 0.0394. The molecule has 0 aromatic carbocycles. The van der Waals surface area contributed by atoms with E-state index in [0.29, 0.717) is 11.8 Å². The van der Waals surface area contributed by atoms with Crippen LogP contribution < -0.4 is 0 Å². The minimum atomic E-state index is 0.0394. The van der Waals surface area contributed by atoms with E-state index >= 15 is 0 Å². The highest BCUT2D eigenvalue weighted by Gasteiger charge is 2.22. The maximum atomic E-state index is 10.1. The van der Waals surface area contributed by atoms with Crippen LogP contribution in [0.2, 0.25) is 0 Å². The van der Waals surface area contributed by atoms with Crippen molar-refractivity contribution in [2.24, 2.45) is 11.8 Å². The molecule has 0 amide bonds. The van der Waals surface area contributed by atoms with E-state index in [2.05, 4.69) is 27.7 Å². The Kier molecular flexibility index (Phi) is 5.77. The summed E-state index contributed by atoms with van der Waals surface area (Å²) < 4.78 is 4.94. The van der Waals surface area contributed by atoms with Gasteiger partial charge in [-0.15, -0.1) is 0 Å². The second-order valence-electron chi connectivity index (χ2n) is 3.44. The molecule has 0 aliphatic rings. The van der Waals surface area contributed by atoms with Crippen LogP contribution in [-0.4, -0.2) is 12.6 Å². The molecule has 0 N–H and O–H groups in total. The molecule has 0 aliphatic carbocycles. The summed E-state index contributed by atoms with van der Waals surface area (Å²) in [7, 11) is 0. The molecule has 0 heterocycles. The van der Waals surface area contributed by atoms with E-state index in [1.165, 1.54) is 0 Å². The van der Waals surface area contributed by atoms with Crippen LogP contribution in [0, 0.1) is 11.8 Å². The van der Waals surface area contributed by atoms with Gasteiger partial charge in [-0.05, 0) is 11.8 Å². The SMILES string of the molecule is CCC(C)C(O[C]=O)C(C)CC. The van der Waals surface area contributed by atoms with Crippen molar-refractivity contribution in [2.75, 3.05) is 0 Å². The van der Waals surface area contributed by atoms with Gasteiger partial charge in [0.25, 0.3) is 0 Å². The Morgan fingerprint density at radius 1 is 1.17 bits per heavy atom. The minimum Gasteiger partial charge on any atom is -0.453 e.